The normalized spacial score (nSPS) is 10.6. The number of carboxylic acids is 1. The fourth-order valence-electron chi connectivity index (χ4n) is 1.67. The molecule has 1 aromatic carbocycles. The minimum absolute atomic E-state index is 0.192. The number of aromatic amines is 1. The third-order valence-electron chi connectivity index (χ3n) is 2.46. The zero-order valence-electron chi connectivity index (χ0n) is 8.44. The molecule has 0 amide bonds. The van der Waals surface area contributed by atoms with Gasteiger partial charge in [-0.05, 0) is 24.6 Å². The van der Waals surface area contributed by atoms with Gasteiger partial charge in [0.2, 0.25) is 0 Å². The monoisotopic (exact) mass is 219 g/mol. The number of aromatic hydroxyl groups is 1. The van der Waals surface area contributed by atoms with Crippen LogP contribution >= 0.6 is 0 Å². The lowest BCUT2D eigenvalue weighted by molar-refractivity contribution is -0.131. The number of aliphatic carboxylic acids is 1. The first-order valence-electron chi connectivity index (χ1n) is 4.59. The molecular formula is C11H9NO4. The van der Waals surface area contributed by atoms with Crippen molar-refractivity contribution in [1.82, 2.24) is 4.98 Å². The predicted molar refractivity (Wildman–Crippen MR) is 56.7 cm³/mol. The average Bonchev–Trinajstić information content (AvgIpc) is 2.60. The second kappa shape index (κ2) is 3.37. The summed E-state index contributed by atoms with van der Waals surface area (Å²) < 4.78 is 0. The number of hydrogen-bond acceptors (Lipinski definition) is 3. The molecular weight excluding hydrogens is 210 g/mol. The number of benzene rings is 1. The van der Waals surface area contributed by atoms with Crippen molar-refractivity contribution in [1.29, 1.82) is 0 Å². The summed E-state index contributed by atoms with van der Waals surface area (Å²) in [5.41, 5.74) is 1.23. The SMILES string of the molecule is Cc1c[nH]c2ccc(C(=O)C(=O)O)c(O)c12. The number of H-pyrrole nitrogens is 1. The molecule has 2 aromatic rings. The predicted octanol–water partition coefficient (Wildman–Crippen LogP) is 1.45. The van der Waals surface area contributed by atoms with Crippen LogP contribution in [0.3, 0.4) is 0 Å². The Labute approximate surface area is 90.3 Å². The highest BCUT2D eigenvalue weighted by Crippen LogP contribution is 2.31. The summed E-state index contributed by atoms with van der Waals surface area (Å²) in [6.45, 7) is 1.76. The number of aromatic nitrogens is 1. The highest BCUT2D eigenvalue weighted by molar-refractivity contribution is 6.41. The van der Waals surface area contributed by atoms with Crippen LogP contribution in [0.15, 0.2) is 18.3 Å². The lowest BCUT2D eigenvalue weighted by atomic mass is 10.0. The Morgan fingerprint density at radius 1 is 1.31 bits per heavy atom. The summed E-state index contributed by atoms with van der Waals surface area (Å²) in [4.78, 5) is 24.7. The van der Waals surface area contributed by atoms with Gasteiger partial charge in [-0.3, -0.25) is 4.79 Å². The van der Waals surface area contributed by atoms with E-state index in [1.165, 1.54) is 6.07 Å². The molecule has 0 aliphatic carbocycles. The van der Waals surface area contributed by atoms with E-state index < -0.39 is 11.8 Å². The summed E-state index contributed by atoms with van der Waals surface area (Å²) in [6, 6.07) is 2.86. The Bertz CT molecular complexity index is 597. The van der Waals surface area contributed by atoms with E-state index in [0.717, 1.165) is 5.56 Å². The minimum atomic E-state index is -1.58. The van der Waals surface area contributed by atoms with Gasteiger partial charge in [0.05, 0.1) is 5.56 Å². The van der Waals surface area contributed by atoms with Crippen LogP contribution in [0.4, 0.5) is 0 Å². The van der Waals surface area contributed by atoms with Crippen LogP contribution in [0.2, 0.25) is 0 Å². The first kappa shape index (κ1) is 10.2. The molecule has 0 fully saturated rings. The second-order valence-electron chi connectivity index (χ2n) is 3.49. The lowest BCUT2D eigenvalue weighted by Crippen LogP contribution is -2.12. The molecule has 0 atom stereocenters. The van der Waals surface area contributed by atoms with E-state index in [1.54, 1.807) is 19.2 Å². The largest absolute Gasteiger partial charge is 0.506 e. The number of carboxylic acid groups (broad SMARTS) is 1. The summed E-state index contributed by atoms with van der Waals surface area (Å²) in [7, 11) is 0. The first-order valence-corrected chi connectivity index (χ1v) is 4.59. The standard InChI is InChI=1S/C11H9NO4/c1-5-4-12-7-3-2-6(9(13)8(5)7)10(14)11(15)16/h2-4,12-13H,1H3,(H,15,16). The quantitative estimate of drug-likeness (QED) is 0.526. The molecule has 5 nitrogen and oxygen atoms in total. The molecule has 0 aliphatic rings. The third kappa shape index (κ3) is 1.33. The van der Waals surface area contributed by atoms with E-state index in [2.05, 4.69) is 4.98 Å². The number of aryl methyl sites for hydroxylation is 1. The fraction of sp³-hybridized carbons (Fsp3) is 0.0909. The van der Waals surface area contributed by atoms with Gasteiger partial charge in [0.1, 0.15) is 5.75 Å². The van der Waals surface area contributed by atoms with E-state index in [9.17, 15) is 14.7 Å². The molecule has 0 bridgehead atoms. The van der Waals surface area contributed by atoms with Crippen molar-refractivity contribution in [2.24, 2.45) is 0 Å². The smallest absolute Gasteiger partial charge is 0.377 e. The van der Waals surface area contributed by atoms with Gasteiger partial charge in [0.15, 0.2) is 0 Å². The highest BCUT2D eigenvalue weighted by atomic mass is 16.4. The molecule has 0 spiro atoms. The molecule has 1 aromatic heterocycles. The lowest BCUT2D eigenvalue weighted by Gasteiger charge is -2.02. The number of carbonyl (C=O) groups excluding carboxylic acids is 1. The van der Waals surface area contributed by atoms with Gasteiger partial charge in [-0.1, -0.05) is 0 Å². The maximum absolute atomic E-state index is 11.3. The Hall–Kier alpha value is -2.30. The molecule has 3 N–H and O–H groups in total. The molecule has 16 heavy (non-hydrogen) atoms. The van der Waals surface area contributed by atoms with Gasteiger partial charge >= 0.3 is 5.97 Å². The van der Waals surface area contributed by atoms with Crippen LogP contribution in [0, 0.1) is 6.92 Å². The van der Waals surface area contributed by atoms with Crippen molar-refractivity contribution < 1.29 is 19.8 Å². The number of rotatable bonds is 2. The molecule has 82 valence electrons. The van der Waals surface area contributed by atoms with Gasteiger partial charge in [-0.15, -0.1) is 0 Å². The van der Waals surface area contributed by atoms with Crippen LogP contribution < -0.4 is 0 Å². The molecule has 0 saturated heterocycles. The van der Waals surface area contributed by atoms with Crippen LogP contribution in [-0.4, -0.2) is 26.9 Å². The van der Waals surface area contributed by atoms with Crippen LogP contribution in [0.1, 0.15) is 15.9 Å². The Morgan fingerprint density at radius 2 is 2.00 bits per heavy atom. The van der Waals surface area contributed by atoms with Gasteiger partial charge in [0.25, 0.3) is 5.78 Å². The van der Waals surface area contributed by atoms with Crippen LogP contribution in [-0.2, 0) is 4.79 Å². The number of ketones is 1. The van der Waals surface area contributed by atoms with Crippen molar-refractivity contribution >= 4 is 22.7 Å². The zero-order chi connectivity index (χ0) is 11.9. The number of phenolic OH excluding ortho intramolecular Hbond substituents is 1. The fourth-order valence-corrected chi connectivity index (χ4v) is 1.67. The minimum Gasteiger partial charge on any atom is -0.506 e. The highest BCUT2D eigenvalue weighted by Gasteiger charge is 2.21. The zero-order valence-corrected chi connectivity index (χ0v) is 8.44. The van der Waals surface area contributed by atoms with Crippen molar-refractivity contribution in [2.45, 2.75) is 6.92 Å². The van der Waals surface area contributed by atoms with Gasteiger partial charge in [-0.25, -0.2) is 4.79 Å². The summed E-state index contributed by atoms with van der Waals surface area (Å²) >= 11 is 0. The number of carbonyl (C=O) groups is 2. The van der Waals surface area contributed by atoms with Gasteiger partial charge in [0, 0.05) is 17.1 Å². The van der Waals surface area contributed by atoms with E-state index >= 15 is 0 Å². The van der Waals surface area contributed by atoms with Crippen LogP contribution in [0.5, 0.6) is 5.75 Å². The van der Waals surface area contributed by atoms with E-state index in [1.807, 2.05) is 0 Å². The summed E-state index contributed by atoms with van der Waals surface area (Å²) in [6.07, 6.45) is 1.68. The maximum Gasteiger partial charge on any atom is 0.377 e. The Morgan fingerprint density at radius 3 is 2.62 bits per heavy atom. The van der Waals surface area contributed by atoms with Crippen molar-refractivity contribution in [3.05, 3.63) is 29.5 Å². The second-order valence-corrected chi connectivity index (χ2v) is 3.49. The summed E-state index contributed by atoms with van der Waals surface area (Å²) in [5, 5.41) is 18.9. The molecule has 0 radical (unpaired) electrons. The Kier molecular flexibility index (Phi) is 2.16. The van der Waals surface area contributed by atoms with Crippen LogP contribution in [0.25, 0.3) is 10.9 Å². The molecule has 2 rings (SSSR count). The maximum atomic E-state index is 11.3. The van der Waals surface area contributed by atoms with E-state index in [-0.39, 0.29) is 11.3 Å². The number of fused-ring (bicyclic) bond motifs is 1. The topological polar surface area (TPSA) is 90.4 Å². The molecule has 0 aliphatic heterocycles. The molecule has 0 unspecified atom stereocenters. The molecule has 5 heteroatoms. The summed E-state index contributed by atoms with van der Waals surface area (Å²) in [5.74, 6) is -2.98. The molecule has 1 heterocycles. The number of hydrogen-bond donors (Lipinski definition) is 3. The first-order chi connectivity index (χ1) is 7.52. The average molecular weight is 219 g/mol. The van der Waals surface area contributed by atoms with Crippen molar-refractivity contribution in [2.75, 3.05) is 0 Å². The van der Waals surface area contributed by atoms with E-state index in [4.69, 9.17) is 5.11 Å². The number of nitrogens with one attached hydrogen (secondary N) is 1. The van der Waals surface area contributed by atoms with Gasteiger partial charge < -0.3 is 15.2 Å². The Balaban J connectivity index is 2.73. The van der Waals surface area contributed by atoms with Crippen molar-refractivity contribution in [3.8, 4) is 5.75 Å². The van der Waals surface area contributed by atoms with Crippen molar-refractivity contribution in [3.63, 3.8) is 0 Å². The molecule has 0 saturated carbocycles. The third-order valence-corrected chi connectivity index (χ3v) is 2.46. The van der Waals surface area contributed by atoms with Gasteiger partial charge in [-0.2, -0.15) is 0 Å². The van der Waals surface area contributed by atoms with E-state index in [0.29, 0.717) is 10.9 Å². The number of Topliss-reactive ketones (excluding diaryl/α,β-unsaturated/α-hetero) is 1. The number of phenols is 1.